The molecule has 0 aliphatic carbocycles. The van der Waals surface area contributed by atoms with Gasteiger partial charge >= 0.3 is 5.97 Å². The van der Waals surface area contributed by atoms with E-state index in [1.54, 1.807) is 0 Å². The number of nitrogens with zero attached hydrogens (tertiary/aromatic N) is 1. The molecule has 2 rings (SSSR count). The van der Waals surface area contributed by atoms with Crippen LogP contribution >= 0.6 is 11.3 Å². The van der Waals surface area contributed by atoms with Crippen molar-refractivity contribution < 1.29 is 9.90 Å². The lowest BCUT2D eigenvalue weighted by molar-refractivity contribution is -0.136. The molecular weight excluding hydrogens is 294 g/mol. The summed E-state index contributed by atoms with van der Waals surface area (Å²) >= 11 is 1.53. The number of carbonyl (C=O) groups is 1. The number of carboxylic acids is 1. The molecule has 0 saturated carbocycles. The first-order chi connectivity index (χ1) is 10.2. The zero-order chi connectivity index (χ0) is 16.5. The van der Waals surface area contributed by atoms with Crippen molar-refractivity contribution in [3.05, 3.63) is 50.5 Å². The summed E-state index contributed by atoms with van der Waals surface area (Å²) < 4.78 is 0. The average Bonchev–Trinajstić information content (AvgIpc) is 2.75. The molecule has 1 aromatic carbocycles. The molecule has 0 saturated heterocycles. The standard InChI is InChI=1S/C18H23NO2S/c1-11-6-7-12(2)14(8-11)10-18(4,5)17-19-13(3)15(22-17)9-16(20)21/h6-8H,9-10H2,1-5H3,(H,20,21). The third kappa shape index (κ3) is 3.74. The second-order valence-corrected chi connectivity index (χ2v) is 7.67. The molecule has 22 heavy (non-hydrogen) atoms. The smallest absolute Gasteiger partial charge is 0.308 e. The van der Waals surface area contributed by atoms with E-state index in [4.69, 9.17) is 5.11 Å². The number of hydrogen-bond donors (Lipinski definition) is 1. The molecule has 1 N–H and O–H groups in total. The summed E-state index contributed by atoms with van der Waals surface area (Å²) in [5.41, 5.74) is 4.62. The van der Waals surface area contributed by atoms with Crippen LogP contribution < -0.4 is 0 Å². The number of rotatable bonds is 5. The monoisotopic (exact) mass is 317 g/mol. The SMILES string of the molecule is Cc1ccc(C)c(CC(C)(C)c2nc(C)c(CC(=O)O)s2)c1. The zero-order valence-electron chi connectivity index (χ0n) is 13.9. The van der Waals surface area contributed by atoms with Gasteiger partial charge in [-0.3, -0.25) is 4.79 Å². The lowest BCUT2D eigenvalue weighted by Crippen LogP contribution is -2.21. The summed E-state index contributed by atoms with van der Waals surface area (Å²) in [6, 6.07) is 6.52. The number of hydrogen-bond acceptors (Lipinski definition) is 3. The molecule has 1 aromatic heterocycles. The van der Waals surface area contributed by atoms with Crippen LogP contribution in [-0.2, 0) is 23.1 Å². The average molecular weight is 317 g/mol. The van der Waals surface area contributed by atoms with E-state index in [9.17, 15) is 4.79 Å². The van der Waals surface area contributed by atoms with Gasteiger partial charge in [0.25, 0.3) is 0 Å². The Balaban J connectivity index is 2.30. The fourth-order valence-electron chi connectivity index (χ4n) is 2.56. The summed E-state index contributed by atoms with van der Waals surface area (Å²) in [5, 5.41) is 10.0. The van der Waals surface area contributed by atoms with Crippen molar-refractivity contribution in [2.24, 2.45) is 0 Å². The van der Waals surface area contributed by atoms with E-state index in [2.05, 4.69) is 50.9 Å². The van der Waals surface area contributed by atoms with Crippen LogP contribution in [0, 0.1) is 20.8 Å². The molecule has 1 heterocycles. The Morgan fingerprint density at radius 2 is 1.95 bits per heavy atom. The third-order valence-corrected chi connectivity index (χ3v) is 5.44. The summed E-state index contributed by atoms with van der Waals surface area (Å²) in [5.74, 6) is -0.800. The van der Waals surface area contributed by atoms with Gasteiger partial charge in [0.1, 0.15) is 0 Å². The molecule has 0 atom stereocenters. The number of carboxylic acid groups (broad SMARTS) is 1. The summed E-state index contributed by atoms with van der Waals surface area (Å²) in [6.07, 6.45) is 0.961. The summed E-state index contributed by atoms with van der Waals surface area (Å²) in [6.45, 7) is 10.5. The number of aliphatic carboxylic acids is 1. The summed E-state index contributed by atoms with van der Waals surface area (Å²) in [7, 11) is 0. The van der Waals surface area contributed by atoms with Gasteiger partial charge < -0.3 is 5.11 Å². The van der Waals surface area contributed by atoms with E-state index in [1.165, 1.54) is 28.0 Å². The molecule has 0 unspecified atom stereocenters. The van der Waals surface area contributed by atoms with Gasteiger partial charge in [-0.25, -0.2) is 4.98 Å². The Labute approximate surface area is 136 Å². The molecule has 4 heteroatoms. The Morgan fingerprint density at radius 3 is 2.59 bits per heavy atom. The van der Waals surface area contributed by atoms with Crippen LogP contribution in [0.15, 0.2) is 18.2 Å². The van der Waals surface area contributed by atoms with E-state index in [1.807, 2.05) is 6.92 Å². The van der Waals surface area contributed by atoms with Crippen LogP contribution in [0.2, 0.25) is 0 Å². The molecule has 0 amide bonds. The quantitative estimate of drug-likeness (QED) is 0.898. The number of benzene rings is 1. The molecule has 0 spiro atoms. The van der Waals surface area contributed by atoms with Gasteiger partial charge in [-0.1, -0.05) is 37.6 Å². The Kier molecular flexibility index (Phi) is 4.71. The lowest BCUT2D eigenvalue weighted by atomic mass is 9.84. The van der Waals surface area contributed by atoms with Gasteiger partial charge in [-0.15, -0.1) is 11.3 Å². The van der Waals surface area contributed by atoms with Crippen LogP contribution in [0.3, 0.4) is 0 Å². The van der Waals surface area contributed by atoms with Crippen molar-refractivity contribution in [1.29, 1.82) is 0 Å². The normalized spacial score (nSPS) is 11.7. The van der Waals surface area contributed by atoms with Crippen molar-refractivity contribution in [2.45, 2.75) is 52.9 Å². The second kappa shape index (κ2) is 6.21. The highest BCUT2D eigenvalue weighted by molar-refractivity contribution is 7.12. The van der Waals surface area contributed by atoms with E-state index < -0.39 is 5.97 Å². The fraction of sp³-hybridized carbons (Fsp3) is 0.444. The first-order valence-electron chi connectivity index (χ1n) is 7.44. The molecule has 118 valence electrons. The van der Waals surface area contributed by atoms with E-state index >= 15 is 0 Å². The molecule has 2 aromatic rings. The van der Waals surface area contributed by atoms with Crippen molar-refractivity contribution in [2.75, 3.05) is 0 Å². The van der Waals surface area contributed by atoms with E-state index in [-0.39, 0.29) is 11.8 Å². The van der Waals surface area contributed by atoms with Crippen LogP contribution in [-0.4, -0.2) is 16.1 Å². The Bertz CT molecular complexity index is 701. The maximum absolute atomic E-state index is 10.9. The Morgan fingerprint density at radius 1 is 1.27 bits per heavy atom. The van der Waals surface area contributed by atoms with Crippen LogP contribution in [0.25, 0.3) is 0 Å². The van der Waals surface area contributed by atoms with E-state index in [0.717, 1.165) is 22.0 Å². The topological polar surface area (TPSA) is 50.2 Å². The third-order valence-electron chi connectivity index (χ3n) is 3.92. The van der Waals surface area contributed by atoms with Gasteiger partial charge in [0.2, 0.25) is 0 Å². The van der Waals surface area contributed by atoms with Gasteiger partial charge in [0.15, 0.2) is 0 Å². The maximum atomic E-state index is 10.9. The van der Waals surface area contributed by atoms with Gasteiger partial charge in [-0.05, 0) is 38.3 Å². The molecule has 0 radical (unpaired) electrons. The van der Waals surface area contributed by atoms with E-state index in [0.29, 0.717) is 0 Å². The predicted octanol–water partition coefficient (Wildman–Crippen LogP) is 4.22. The second-order valence-electron chi connectivity index (χ2n) is 6.59. The minimum absolute atomic E-state index is 0.0586. The number of aryl methyl sites for hydroxylation is 3. The maximum Gasteiger partial charge on any atom is 0.308 e. The van der Waals surface area contributed by atoms with Crippen LogP contribution in [0.1, 0.15) is 46.1 Å². The van der Waals surface area contributed by atoms with Crippen LogP contribution in [0.4, 0.5) is 0 Å². The number of aromatic nitrogens is 1. The van der Waals surface area contributed by atoms with Crippen LogP contribution in [0.5, 0.6) is 0 Å². The molecule has 0 aliphatic heterocycles. The largest absolute Gasteiger partial charge is 0.481 e. The molecule has 3 nitrogen and oxygen atoms in total. The fourth-order valence-corrected chi connectivity index (χ4v) is 3.71. The molecule has 0 aliphatic rings. The van der Waals surface area contributed by atoms with Gasteiger partial charge in [-0.2, -0.15) is 0 Å². The van der Waals surface area contributed by atoms with Crippen molar-refractivity contribution in [1.82, 2.24) is 4.98 Å². The highest BCUT2D eigenvalue weighted by Crippen LogP contribution is 2.33. The minimum Gasteiger partial charge on any atom is -0.481 e. The minimum atomic E-state index is -0.800. The predicted molar refractivity (Wildman–Crippen MR) is 90.8 cm³/mol. The van der Waals surface area contributed by atoms with Crippen molar-refractivity contribution in [3.8, 4) is 0 Å². The number of thiazole rings is 1. The highest BCUT2D eigenvalue weighted by Gasteiger charge is 2.27. The first kappa shape index (κ1) is 16.7. The molecule has 0 fully saturated rings. The summed E-state index contributed by atoms with van der Waals surface area (Å²) in [4.78, 5) is 16.4. The van der Waals surface area contributed by atoms with Crippen molar-refractivity contribution in [3.63, 3.8) is 0 Å². The van der Waals surface area contributed by atoms with Gasteiger partial charge in [0.05, 0.1) is 17.1 Å². The van der Waals surface area contributed by atoms with Gasteiger partial charge in [0, 0.05) is 10.3 Å². The highest BCUT2D eigenvalue weighted by atomic mass is 32.1. The lowest BCUT2D eigenvalue weighted by Gasteiger charge is -2.23. The first-order valence-corrected chi connectivity index (χ1v) is 8.25. The zero-order valence-corrected chi connectivity index (χ0v) is 14.7. The molecule has 0 bridgehead atoms. The Hall–Kier alpha value is -1.68. The molecular formula is C18H23NO2S. The van der Waals surface area contributed by atoms with Crippen molar-refractivity contribution >= 4 is 17.3 Å².